The number of piperidine rings is 1. The summed E-state index contributed by atoms with van der Waals surface area (Å²) < 4.78 is 13.3. The lowest BCUT2D eigenvalue weighted by Crippen LogP contribution is -2.35. The molecular weight excluding hydrogens is 243 g/mol. The zero-order valence-corrected chi connectivity index (χ0v) is 11.0. The van der Waals surface area contributed by atoms with Gasteiger partial charge in [0.25, 0.3) is 0 Å². The molecule has 3 nitrogen and oxygen atoms in total. The maximum atomic E-state index is 13.3. The Balaban J connectivity index is 2.04. The van der Waals surface area contributed by atoms with Gasteiger partial charge in [0, 0.05) is 19.7 Å². The summed E-state index contributed by atoms with van der Waals surface area (Å²) in [6.45, 7) is 2.73. The largest absolute Gasteiger partial charge is 0.396 e. The Bertz CT molecular complexity index is 468. The number of benzene rings is 1. The Morgan fingerprint density at radius 2 is 2.32 bits per heavy atom. The normalized spacial score (nSPS) is 20.2. The lowest BCUT2D eigenvalue weighted by atomic mass is 9.94. The second-order valence-corrected chi connectivity index (χ2v) is 5.17. The molecule has 1 saturated heterocycles. The molecule has 2 rings (SSSR count). The molecule has 19 heavy (non-hydrogen) atoms. The number of aliphatic hydroxyl groups is 1. The van der Waals surface area contributed by atoms with Crippen LogP contribution in [0.15, 0.2) is 18.2 Å². The molecule has 4 heteroatoms. The van der Waals surface area contributed by atoms with Crippen LogP contribution in [-0.4, -0.2) is 29.7 Å². The highest BCUT2D eigenvalue weighted by atomic mass is 19.1. The SMILES string of the molecule is N#Cc1ccc(F)cc1CN1CCCC(CCO)C1. The van der Waals surface area contributed by atoms with Gasteiger partial charge in [-0.3, -0.25) is 4.90 Å². The number of nitriles is 1. The standard InChI is InChI=1S/C15H19FN2O/c16-15-4-3-13(9-17)14(8-15)11-18-6-1-2-12(10-18)5-7-19/h3-4,8,12,19H,1-2,5-7,10-11H2. The van der Waals surface area contributed by atoms with Gasteiger partial charge in [0.2, 0.25) is 0 Å². The molecule has 0 aliphatic carbocycles. The van der Waals surface area contributed by atoms with Crippen molar-refractivity contribution in [2.24, 2.45) is 5.92 Å². The fourth-order valence-corrected chi connectivity index (χ4v) is 2.76. The Hall–Kier alpha value is -1.44. The van der Waals surface area contributed by atoms with E-state index in [4.69, 9.17) is 10.4 Å². The molecule has 1 unspecified atom stereocenters. The lowest BCUT2D eigenvalue weighted by Gasteiger charge is -2.32. The van der Waals surface area contributed by atoms with Crippen LogP contribution in [0.1, 0.15) is 30.4 Å². The zero-order valence-electron chi connectivity index (χ0n) is 11.0. The van der Waals surface area contributed by atoms with Gasteiger partial charge in [0.15, 0.2) is 0 Å². The quantitative estimate of drug-likeness (QED) is 0.905. The van der Waals surface area contributed by atoms with Gasteiger partial charge in [-0.05, 0) is 55.5 Å². The summed E-state index contributed by atoms with van der Waals surface area (Å²) in [5.74, 6) is 0.218. The van der Waals surface area contributed by atoms with E-state index in [0.717, 1.165) is 37.9 Å². The summed E-state index contributed by atoms with van der Waals surface area (Å²) in [6.07, 6.45) is 3.07. The van der Waals surface area contributed by atoms with Crippen molar-refractivity contribution in [3.05, 3.63) is 35.1 Å². The molecule has 102 valence electrons. The highest BCUT2D eigenvalue weighted by Crippen LogP contribution is 2.22. The highest BCUT2D eigenvalue weighted by Gasteiger charge is 2.20. The van der Waals surface area contributed by atoms with Crippen LogP contribution < -0.4 is 0 Å². The summed E-state index contributed by atoms with van der Waals surface area (Å²) in [5.41, 5.74) is 1.30. The van der Waals surface area contributed by atoms with E-state index in [1.165, 1.54) is 12.1 Å². The van der Waals surface area contributed by atoms with E-state index in [0.29, 0.717) is 18.0 Å². The molecule has 1 aromatic rings. The van der Waals surface area contributed by atoms with Gasteiger partial charge in [-0.1, -0.05) is 0 Å². The molecule has 1 aliphatic heterocycles. The predicted molar refractivity (Wildman–Crippen MR) is 70.8 cm³/mol. The van der Waals surface area contributed by atoms with Crippen LogP contribution in [0.5, 0.6) is 0 Å². The van der Waals surface area contributed by atoms with E-state index in [-0.39, 0.29) is 12.4 Å². The second kappa shape index (κ2) is 6.65. The van der Waals surface area contributed by atoms with Crippen molar-refractivity contribution in [2.75, 3.05) is 19.7 Å². The first-order valence-corrected chi connectivity index (χ1v) is 6.74. The fourth-order valence-electron chi connectivity index (χ4n) is 2.76. The molecule has 0 spiro atoms. The molecule has 1 fully saturated rings. The van der Waals surface area contributed by atoms with Crippen molar-refractivity contribution >= 4 is 0 Å². The number of likely N-dealkylation sites (tertiary alicyclic amines) is 1. The van der Waals surface area contributed by atoms with Crippen LogP contribution in [0.2, 0.25) is 0 Å². The monoisotopic (exact) mass is 262 g/mol. The third-order valence-corrected chi connectivity index (χ3v) is 3.72. The van der Waals surface area contributed by atoms with E-state index in [9.17, 15) is 4.39 Å². The summed E-state index contributed by atoms with van der Waals surface area (Å²) in [5, 5.41) is 18.1. The Labute approximate surface area is 113 Å². The first-order chi connectivity index (χ1) is 9.22. The topological polar surface area (TPSA) is 47.3 Å². The molecule has 1 heterocycles. The van der Waals surface area contributed by atoms with Crippen molar-refractivity contribution in [3.63, 3.8) is 0 Å². The third-order valence-electron chi connectivity index (χ3n) is 3.72. The van der Waals surface area contributed by atoms with Gasteiger partial charge < -0.3 is 5.11 Å². The molecule has 0 amide bonds. The zero-order chi connectivity index (χ0) is 13.7. The van der Waals surface area contributed by atoms with E-state index in [1.54, 1.807) is 6.07 Å². The lowest BCUT2D eigenvalue weighted by molar-refractivity contribution is 0.142. The van der Waals surface area contributed by atoms with Crippen molar-refractivity contribution in [3.8, 4) is 6.07 Å². The minimum Gasteiger partial charge on any atom is -0.396 e. The van der Waals surface area contributed by atoms with E-state index < -0.39 is 0 Å². The predicted octanol–water partition coefficient (Wildman–Crippen LogP) is 2.29. The average Bonchev–Trinajstić information content (AvgIpc) is 2.40. The number of halogens is 1. The molecule has 0 bridgehead atoms. The molecule has 1 atom stereocenters. The van der Waals surface area contributed by atoms with Gasteiger partial charge in [0.1, 0.15) is 5.82 Å². The minimum atomic E-state index is -0.294. The number of hydrogen-bond donors (Lipinski definition) is 1. The summed E-state index contributed by atoms with van der Waals surface area (Å²) >= 11 is 0. The van der Waals surface area contributed by atoms with Gasteiger partial charge in [0.05, 0.1) is 11.6 Å². The van der Waals surface area contributed by atoms with Crippen molar-refractivity contribution < 1.29 is 9.50 Å². The van der Waals surface area contributed by atoms with Crippen LogP contribution in [0, 0.1) is 23.1 Å². The maximum absolute atomic E-state index is 13.3. The number of hydrogen-bond acceptors (Lipinski definition) is 3. The van der Waals surface area contributed by atoms with Crippen LogP contribution in [-0.2, 0) is 6.54 Å². The Morgan fingerprint density at radius 3 is 3.05 bits per heavy atom. The van der Waals surface area contributed by atoms with Gasteiger partial charge in [-0.25, -0.2) is 4.39 Å². The molecule has 1 N–H and O–H groups in total. The molecule has 0 saturated carbocycles. The first kappa shape index (κ1) is 14.0. The summed E-state index contributed by atoms with van der Waals surface area (Å²) in [7, 11) is 0. The van der Waals surface area contributed by atoms with Crippen molar-refractivity contribution in [2.45, 2.75) is 25.8 Å². The second-order valence-electron chi connectivity index (χ2n) is 5.17. The molecular formula is C15H19FN2O. The molecule has 0 radical (unpaired) electrons. The smallest absolute Gasteiger partial charge is 0.123 e. The number of rotatable bonds is 4. The van der Waals surface area contributed by atoms with Crippen LogP contribution >= 0.6 is 0 Å². The minimum absolute atomic E-state index is 0.224. The van der Waals surface area contributed by atoms with Crippen LogP contribution in [0.25, 0.3) is 0 Å². The first-order valence-electron chi connectivity index (χ1n) is 6.74. The molecule has 1 aromatic carbocycles. The van der Waals surface area contributed by atoms with E-state index >= 15 is 0 Å². The van der Waals surface area contributed by atoms with Gasteiger partial charge in [-0.2, -0.15) is 5.26 Å². The number of nitrogens with zero attached hydrogens (tertiary/aromatic N) is 2. The van der Waals surface area contributed by atoms with Crippen molar-refractivity contribution in [1.82, 2.24) is 4.90 Å². The Kier molecular flexibility index (Phi) is 4.89. The maximum Gasteiger partial charge on any atom is 0.123 e. The highest BCUT2D eigenvalue weighted by molar-refractivity contribution is 5.37. The van der Waals surface area contributed by atoms with Crippen LogP contribution in [0.4, 0.5) is 4.39 Å². The van der Waals surface area contributed by atoms with Crippen molar-refractivity contribution in [1.29, 1.82) is 5.26 Å². The fraction of sp³-hybridized carbons (Fsp3) is 0.533. The van der Waals surface area contributed by atoms with Gasteiger partial charge >= 0.3 is 0 Å². The summed E-state index contributed by atoms with van der Waals surface area (Å²) in [6, 6.07) is 6.44. The van der Waals surface area contributed by atoms with Gasteiger partial charge in [-0.15, -0.1) is 0 Å². The third kappa shape index (κ3) is 3.76. The van der Waals surface area contributed by atoms with Crippen LogP contribution in [0.3, 0.4) is 0 Å². The summed E-state index contributed by atoms with van der Waals surface area (Å²) in [4.78, 5) is 2.25. The number of aliphatic hydroxyl groups excluding tert-OH is 1. The average molecular weight is 262 g/mol. The van der Waals surface area contributed by atoms with E-state index in [2.05, 4.69) is 11.0 Å². The Morgan fingerprint density at radius 1 is 1.47 bits per heavy atom. The molecule has 0 aromatic heterocycles. The molecule has 1 aliphatic rings. The van der Waals surface area contributed by atoms with E-state index in [1.807, 2.05) is 0 Å².